The SMILES string of the molecule is COc1ccc2c(c1)/C(=N\[S+](C)[O-])C1(CCC(OC)CC1)C2. The number of fused-ring (bicyclic) bond motifs is 1. The Morgan fingerprint density at radius 2 is 2.00 bits per heavy atom. The van der Waals surface area contributed by atoms with Gasteiger partial charge in [-0.25, -0.2) is 0 Å². The third-order valence-electron chi connectivity index (χ3n) is 5.05. The average molecular weight is 321 g/mol. The lowest BCUT2D eigenvalue weighted by Gasteiger charge is -2.36. The van der Waals surface area contributed by atoms with Crippen LogP contribution in [0.5, 0.6) is 5.75 Å². The fraction of sp³-hybridized carbons (Fsp3) is 0.588. The minimum absolute atomic E-state index is 0.0232. The molecule has 2 aliphatic rings. The zero-order valence-corrected chi connectivity index (χ0v) is 14.2. The van der Waals surface area contributed by atoms with E-state index in [1.54, 1.807) is 20.5 Å². The number of hydrogen-bond donors (Lipinski definition) is 0. The van der Waals surface area contributed by atoms with Crippen molar-refractivity contribution in [1.82, 2.24) is 0 Å². The lowest BCUT2D eigenvalue weighted by Crippen LogP contribution is -2.36. The first-order chi connectivity index (χ1) is 10.6. The predicted octanol–water partition coefficient (Wildman–Crippen LogP) is 2.91. The van der Waals surface area contributed by atoms with Gasteiger partial charge in [-0.05, 0) is 49.8 Å². The number of nitrogens with zero attached hydrogens (tertiary/aromatic N) is 1. The number of benzene rings is 1. The fourth-order valence-corrected chi connectivity index (χ4v) is 4.41. The largest absolute Gasteiger partial charge is 0.591 e. The van der Waals surface area contributed by atoms with E-state index in [9.17, 15) is 4.55 Å². The Kier molecular flexibility index (Phi) is 4.48. The van der Waals surface area contributed by atoms with E-state index >= 15 is 0 Å². The molecule has 0 radical (unpaired) electrons. The molecule has 3 rings (SSSR count). The second-order valence-corrected chi connectivity index (χ2v) is 7.31. The molecule has 22 heavy (non-hydrogen) atoms. The van der Waals surface area contributed by atoms with Crippen LogP contribution in [0.25, 0.3) is 0 Å². The Morgan fingerprint density at radius 1 is 1.27 bits per heavy atom. The van der Waals surface area contributed by atoms with Crippen molar-refractivity contribution < 1.29 is 14.0 Å². The molecule has 0 amide bonds. The summed E-state index contributed by atoms with van der Waals surface area (Å²) < 4.78 is 27.1. The molecule has 1 spiro atoms. The number of methoxy groups -OCH3 is 2. The van der Waals surface area contributed by atoms with Gasteiger partial charge in [0, 0.05) is 18.1 Å². The van der Waals surface area contributed by atoms with Gasteiger partial charge in [-0.1, -0.05) is 10.5 Å². The molecule has 1 fully saturated rings. The highest BCUT2D eigenvalue weighted by Crippen LogP contribution is 2.49. The maximum atomic E-state index is 11.8. The van der Waals surface area contributed by atoms with E-state index in [2.05, 4.69) is 10.5 Å². The van der Waals surface area contributed by atoms with Crippen molar-refractivity contribution in [3.8, 4) is 5.75 Å². The van der Waals surface area contributed by atoms with E-state index in [0.717, 1.165) is 49.1 Å². The van der Waals surface area contributed by atoms with Gasteiger partial charge in [0.05, 0.1) is 24.6 Å². The zero-order valence-electron chi connectivity index (χ0n) is 13.4. The van der Waals surface area contributed by atoms with Gasteiger partial charge in [-0.15, -0.1) is 0 Å². The maximum absolute atomic E-state index is 11.8. The Hall–Kier alpha value is -1.04. The molecule has 0 saturated heterocycles. The van der Waals surface area contributed by atoms with Gasteiger partial charge < -0.3 is 14.0 Å². The van der Waals surface area contributed by atoms with Crippen LogP contribution in [-0.4, -0.2) is 36.8 Å². The molecule has 0 aliphatic heterocycles. The van der Waals surface area contributed by atoms with E-state index in [0.29, 0.717) is 6.10 Å². The highest BCUT2D eigenvalue weighted by atomic mass is 32.2. The first-order valence-electron chi connectivity index (χ1n) is 7.71. The molecule has 1 aromatic carbocycles. The molecular formula is C17H23NO3S. The van der Waals surface area contributed by atoms with Crippen LogP contribution in [0.15, 0.2) is 22.6 Å². The molecule has 0 aromatic heterocycles. The summed E-state index contributed by atoms with van der Waals surface area (Å²) in [4.78, 5) is 0. The van der Waals surface area contributed by atoms with Crippen LogP contribution >= 0.6 is 0 Å². The van der Waals surface area contributed by atoms with Crippen LogP contribution in [0.2, 0.25) is 0 Å². The first-order valence-corrected chi connectivity index (χ1v) is 9.22. The predicted molar refractivity (Wildman–Crippen MR) is 89.0 cm³/mol. The van der Waals surface area contributed by atoms with Gasteiger partial charge in [-0.3, -0.25) is 0 Å². The van der Waals surface area contributed by atoms with Crippen molar-refractivity contribution in [2.24, 2.45) is 9.81 Å². The van der Waals surface area contributed by atoms with E-state index in [1.165, 1.54) is 5.56 Å². The minimum Gasteiger partial charge on any atom is -0.591 e. The third kappa shape index (κ3) is 2.77. The normalized spacial score (nSPS) is 30.5. The summed E-state index contributed by atoms with van der Waals surface area (Å²) in [6.45, 7) is 0. The van der Waals surface area contributed by atoms with Crippen molar-refractivity contribution in [3.05, 3.63) is 29.3 Å². The van der Waals surface area contributed by atoms with Gasteiger partial charge in [0.15, 0.2) is 0 Å². The minimum atomic E-state index is -1.19. The van der Waals surface area contributed by atoms with E-state index in [1.807, 2.05) is 12.1 Å². The third-order valence-corrected chi connectivity index (χ3v) is 5.49. The summed E-state index contributed by atoms with van der Waals surface area (Å²) in [6, 6.07) is 6.16. The van der Waals surface area contributed by atoms with Gasteiger partial charge in [0.1, 0.15) is 17.7 Å². The quantitative estimate of drug-likeness (QED) is 0.804. The molecule has 120 valence electrons. The van der Waals surface area contributed by atoms with Gasteiger partial charge in [0.2, 0.25) is 0 Å². The molecule has 2 aliphatic carbocycles. The van der Waals surface area contributed by atoms with Crippen LogP contribution in [0.3, 0.4) is 0 Å². The van der Waals surface area contributed by atoms with Gasteiger partial charge in [-0.2, -0.15) is 0 Å². The van der Waals surface area contributed by atoms with Crippen molar-refractivity contribution in [2.75, 3.05) is 20.5 Å². The van der Waals surface area contributed by atoms with Crippen molar-refractivity contribution >= 4 is 17.1 Å². The first kappa shape index (κ1) is 15.8. The second kappa shape index (κ2) is 6.22. The standard InChI is InChI=1S/C17H23NO3S/c1-20-13-6-8-17(9-7-13)11-12-4-5-14(21-2)10-15(12)16(17)18-22(3)19/h4-5,10,13H,6-9,11H2,1-3H3/b18-16+. The molecule has 4 nitrogen and oxygen atoms in total. The van der Waals surface area contributed by atoms with Gasteiger partial charge in [0.25, 0.3) is 0 Å². The molecule has 1 saturated carbocycles. The summed E-state index contributed by atoms with van der Waals surface area (Å²) in [5.41, 5.74) is 3.44. The zero-order chi connectivity index (χ0) is 15.7. The summed E-state index contributed by atoms with van der Waals surface area (Å²) in [5.74, 6) is 0.830. The smallest absolute Gasteiger partial charge is 0.123 e. The summed E-state index contributed by atoms with van der Waals surface area (Å²) in [5, 5.41) is 0. The Morgan fingerprint density at radius 3 is 2.59 bits per heavy atom. The molecule has 5 heteroatoms. The highest BCUT2D eigenvalue weighted by molar-refractivity contribution is 7.89. The number of rotatable bonds is 3. The lowest BCUT2D eigenvalue weighted by atomic mass is 9.70. The molecule has 1 atom stereocenters. The average Bonchev–Trinajstić information content (AvgIpc) is 2.80. The van der Waals surface area contributed by atoms with E-state index in [-0.39, 0.29) is 5.41 Å². The van der Waals surface area contributed by atoms with Crippen LogP contribution < -0.4 is 4.74 Å². The highest BCUT2D eigenvalue weighted by Gasteiger charge is 2.47. The number of hydrogen-bond acceptors (Lipinski definition) is 4. The van der Waals surface area contributed by atoms with Crippen molar-refractivity contribution in [1.29, 1.82) is 0 Å². The monoisotopic (exact) mass is 321 g/mol. The van der Waals surface area contributed by atoms with Gasteiger partial charge >= 0.3 is 0 Å². The molecule has 1 aromatic rings. The molecular weight excluding hydrogens is 298 g/mol. The molecule has 0 bridgehead atoms. The van der Waals surface area contributed by atoms with Crippen LogP contribution in [-0.2, 0) is 22.5 Å². The Bertz CT molecular complexity index is 577. The maximum Gasteiger partial charge on any atom is 0.123 e. The lowest BCUT2D eigenvalue weighted by molar-refractivity contribution is 0.0468. The van der Waals surface area contributed by atoms with Crippen molar-refractivity contribution in [2.45, 2.75) is 38.2 Å². The Balaban J connectivity index is 1.99. The van der Waals surface area contributed by atoms with Crippen LogP contribution in [0, 0.1) is 5.41 Å². The van der Waals surface area contributed by atoms with E-state index in [4.69, 9.17) is 9.47 Å². The van der Waals surface area contributed by atoms with Crippen molar-refractivity contribution in [3.63, 3.8) is 0 Å². The molecule has 0 N–H and O–H groups in total. The second-order valence-electron chi connectivity index (χ2n) is 6.28. The van der Waals surface area contributed by atoms with Crippen LogP contribution in [0.1, 0.15) is 36.8 Å². The van der Waals surface area contributed by atoms with E-state index < -0.39 is 11.4 Å². The fourth-order valence-electron chi connectivity index (χ4n) is 3.86. The number of ether oxygens (including phenoxy) is 2. The van der Waals surface area contributed by atoms with Crippen LogP contribution in [0.4, 0.5) is 0 Å². The summed E-state index contributed by atoms with van der Waals surface area (Å²) in [7, 11) is 3.46. The summed E-state index contributed by atoms with van der Waals surface area (Å²) in [6.07, 6.45) is 7.13. The molecule has 1 unspecified atom stereocenters. The summed E-state index contributed by atoms with van der Waals surface area (Å²) >= 11 is -1.19. The molecule has 0 heterocycles. The topological polar surface area (TPSA) is 53.9 Å². The Labute approximate surface area is 135 Å².